The highest BCUT2D eigenvalue weighted by molar-refractivity contribution is 5.97. The van der Waals surface area contributed by atoms with Crippen LogP contribution in [0.3, 0.4) is 0 Å². The molecule has 1 aromatic rings. The molecule has 0 radical (unpaired) electrons. The number of amides is 2. The molecule has 0 saturated carbocycles. The van der Waals surface area contributed by atoms with E-state index in [4.69, 9.17) is 15.7 Å². The second kappa shape index (κ2) is 7.78. The number of nitriles is 1. The van der Waals surface area contributed by atoms with Gasteiger partial charge in [0.2, 0.25) is 5.91 Å². The molecule has 1 aromatic carbocycles. The Morgan fingerprint density at radius 3 is 2.36 bits per heavy atom. The number of carbonyl (C=O) groups excluding carboxylic acids is 3. The van der Waals surface area contributed by atoms with E-state index in [0.29, 0.717) is 5.75 Å². The zero-order valence-corrected chi connectivity index (χ0v) is 12.3. The first kappa shape index (κ1) is 17.2. The van der Waals surface area contributed by atoms with Crippen LogP contribution in [-0.2, 0) is 9.59 Å². The minimum atomic E-state index is -0.921. The Labute approximate surface area is 128 Å². The van der Waals surface area contributed by atoms with Crippen molar-refractivity contribution in [2.24, 2.45) is 11.7 Å². The number of hydrogen-bond acceptors (Lipinski definition) is 5. The van der Waals surface area contributed by atoms with E-state index in [9.17, 15) is 14.4 Å². The second-order valence-corrected chi connectivity index (χ2v) is 4.81. The minimum Gasteiger partial charge on any atom is -0.427 e. The summed E-state index contributed by atoms with van der Waals surface area (Å²) in [5.74, 6) is -1.76. The lowest BCUT2D eigenvalue weighted by Gasteiger charge is -2.16. The molecular weight excluding hydrogens is 286 g/mol. The third-order valence-electron chi connectivity index (χ3n) is 2.84. The predicted octanol–water partition coefficient (Wildman–Crippen LogP) is 0.745. The first-order valence-electron chi connectivity index (χ1n) is 6.61. The highest BCUT2D eigenvalue weighted by Gasteiger charge is 2.21. The van der Waals surface area contributed by atoms with Crippen LogP contribution in [0.5, 0.6) is 5.75 Å². The van der Waals surface area contributed by atoms with Gasteiger partial charge in [0.1, 0.15) is 11.8 Å². The van der Waals surface area contributed by atoms with Crippen LogP contribution in [0.1, 0.15) is 30.6 Å². The van der Waals surface area contributed by atoms with Crippen LogP contribution in [-0.4, -0.2) is 23.8 Å². The van der Waals surface area contributed by atoms with E-state index < -0.39 is 29.7 Å². The van der Waals surface area contributed by atoms with Crippen LogP contribution in [0, 0.1) is 17.2 Å². The number of benzene rings is 1. The van der Waals surface area contributed by atoms with E-state index in [1.807, 2.05) is 6.07 Å². The summed E-state index contributed by atoms with van der Waals surface area (Å²) in [6.07, 6.45) is 0.142. The SMILES string of the molecule is CC(=O)Oc1ccc(C(=O)N[C@H](C[C@H](C)C#N)C(N)=O)cc1. The lowest BCUT2D eigenvalue weighted by atomic mass is 10.0. The quantitative estimate of drug-likeness (QED) is 0.593. The summed E-state index contributed by atoms with van der Waals surface area (Å²) in [6, 6.07) is 6.91. The fourth-order valence-corrected chi connectivity index (χ4v) is 1.73. The Morgan fingerprint density at radius 1 is 1.32 bits per heavy atom. The van der Waals surface area contributed by atoms with Crippen molar-refractivity contribution in [2.45, 2.75) is 26.3 Å². The number of ether oxygens (including phenoxy) is 1. The standard InChI is InChI=1S/C15H17N3O4/c1-9(8-16)7-13(14(17)20)18-15(21)11-3-5-12(6-4-11)22-10(2)19/h3-6,9,13H,7H2,1-2H3,(H2,17,20)(H,18,21)/t9-,13+/m0/s1. The van der Waals surface area contributed by atoms with Crippen molar-refractivity contribution in [1.82, 2.24) is 5.32 Å². The van der Waals surface area contributed by atoms with Gasteiger partial charge in [-0.1, -0.05) is 0 Å². The highest BCUT2D eigenvalue weighted by atomic mass is 16.5. The van der Waals surface area contributed by atoms with Gasteiger partial charge >= 0.3 is 5.97 Å². The van der Waals surface area contributed by atoms with E-state index in [1.54, 1.807) is 6.92 Å². The molecule has 0 aliphatic heterocycles. The zero-order valence-electron chi connectivity index (χ0n) is 12.3. The molecule has 2 atom stereocenters. The fraction of sp³-hybridized carbons (Fsp3) is 0.333. The predicted molar refractivity (Wildman–Crippen MR) is 77.6 cm³/mol. The molecule has 1 rings (SSSR count). The topological polar surface area (TPSA) is 122 Å². The number of carbonyl (C=O) groups is 3. The van der Waals surface area contributed by atoms with Gasteiger partial charge < -0.3 is 15.8 Å². The second-order valence-electron chi connectivity index (χ2n) is 4.81. The molecule has 0 fully saturated rings. The van der Waals surface area contributed by atoms with Crippen molar-refractivity contribution in [2.75, 3.05) is 0 Å². The van der Waals surface area contributed by atoms with Gasteiger partial charge in [-0.2, -0.15) is 5.26 Å². The van der Waals surface area contributed by atoms with Gasteiger partial charge in [-0.3, -0.25) is 14.4 Å². The average molecular weight is 303 g/mol. The normalized spacial score (nSPS) is 12.6. The Kier molecular flexibility index (Phi) is 6.08. The molecule has 0 aromatic heterocycles. The van der Waals surface area contributed by atoms with Crippen LogP contribution in [0.15, 0.2) is 24.3 Å². The molecule has 0 aliphatic carbocycles. The molecule has 3 N–H and O–H groups in total. The van der Waals surface area contributed by atoms with Gasteiger partial charge in [0, 0.05) is 18.4 Å². The molecule has 0 bridgehead atoms. The van der Waals surface area contributed by atoms with E-state index in [0.717, 1.165) is 0 Å². The number of esters is 1. The highest BCUT2D eigenvalue weighted by Crippen LogP contribution is 2.13. The van der Waals surface area contributed by atoms with Gasteiger partial charge in [0.15, 0.2) is 0 Å². The monoisotopic (exact) mass is 303 g/mol. The molecule has 0 saturated heterocycles. The number of hydrogen-bond donors (Lipinski definition) is 2. The summed E-state index contributed by atoms with van der Waals surface area (Å²) in [5.41, 5.74) is 5.51. The summed E-state index contributed by atoms with van der Waals surface area (Å²) < 4.78 is 4.85. The van der Waals surface area contributed by atoms with E-state index in [-0.39, 0.29) is 12.0 Å². The zero-order chi connectivity index (χ0) is 16.7. The van der Waals surface area contributed by atoms with E-state index in [1.165, 1.54) is 31.2 Å². The molecule has 0 aliphatic rings. The maximum atomic E-state index is 12.1. The number of nitrogens with two attached hydrogens (primary N) is 1. The van der Waals surface area contributed by atoms with Crippen LogP contribution in [0.4, 0.5) is 0 Å². The summed E-state index contributed by atoms with van der Waals surface area (Å²) >= 11 is 0. The smallest absolute Gasteiger partial charge is 0.308 e. The summed E-state index contributed by atoms with van der Waals surface area (Å²) in [5, 5.41) is 11.2. The van der Waals surface area contributed by atoms with Crippen molar-refractivity contribution in [3.05, 3.63) is 29.8 Å². The molecule has 0 heterocycles. The molecule has 22 heavy (non-hydrogen) atoms. The molecule has 116 valence electrons. The van der Waals surface area contributed by atoms with Crippen molar-refractivity contribution in [3.63, 3.8) is 0 Å². The summed E-state index contributed by atoms with van der Waals surface area (Å²) in [6.45, 7) is 2.91. The van der Waals surface area contributed by atoms with E-state index in [2.05, 4.69) is 5.32 Å². The van der Waals surface area contributed by atoms with Crippen LogP contribution < -0.4 is 15.8 Å². The van der Waals surface area contributed by atoms with Crippen molar-refractivity contribution < 1.29 is 19.1 Å². The van der Waals surface area contributed by atoms with Crippen LogP contribution >= 0.6 is 0 Å². The third kappa shape index (κ3) is 5.25. The summed E-state index contributed by atoms with van der Waals surface area (Å²) in [7, 11) is 0. The molecule has 7 heteroatoms. The Balaban J connectivity index is 2.75. The Hall–Kier alpha value is -2.88. The molecular formula is C15H17N3O4. The molecule has 0 spiro atoms. The van der Waals surface area contributed by atoms with Crippen molar-refractivity contribution in [1.29, 1.82) is 5.26 Å². The lowest BCUT2D eigenvalue weighted by Crippen LogP contribution is -2.45. The fourth-order valence-electron chi connectivity index (χ4n) is 1.73. The van der Waals surface area contributed by atoms with Crippen molar-refractivity contribution >= 4 is 17.8 Å². The largest absolute Gasteiger partial charge is 0.427 e. The third-order valence-corrected chi connectivity index (χ3v) is 2.84. The maximum absolute atomic E-state index is 12.1. The van der Waals surface area contributed by atoms with Gasteiger partial charge in [-0.25, -0.2) is 0 Å². The lowest BCUT2D eigenvalue weighted by molar-refractivity contribution is -0.131. The van der Waals surface area contributed by atoms with Crippen LogP contribution in [0.25, 0.3) is 0 Å². The van der Waals surface area contributed by atoms with Gasteiger partial charge in [0.05, 0.1) is 6.07 Å². The number of nitrogens with zero attached hydrogens (tertiary/aromatic N) is 1. The first-order chi connectivity index (χ1) is 10.3. The number of nitrogens with one attached hydrogen (secondary N) is 1. The molecule has 0 unspecified atom stereocenters. The molecule has 2 amide bonds. The van der Waals surface area contributed by atoms with Crippen molar-refractivity contribution in [3.8, 4) is 11.8 Å². The molecule has 7 nitrogen and oxygen atoms in total. The number of primary amides is 1. The van der Waals surface area contributed by atoms with Gasteiger partial charge in [-0.15, -0.1) is 0 Å². The summed E-state index contributed by atoms with van der Waals surface area (Å²) in [4.78, 5) is 34.2. The Morgan fingerprint density at radius 2 is 1.91 bits per heavy atom. The van der Waals surface area contributed by atoms with Gasteiger partial charge in [0.25, 0.3) is 5.91 Å². The van der Waals surface area contributed by atoms with Crippen LogP contribution in [0.2, 0.25) is 0 Å². The van der Waals surface area contributed by atoms with Gasteiger partial charge in [-0.05, 0) is 37.6 Å². The first-order valence-corrected chi connectivity index (χ1v) is 6.61. The number of rotatable bonds is 6. The minimum absolute atomic E-state index is 0.142. The Bertz CT molecular complexity index is 604. The average Bonchev–Trinajstić information content (AvgIpc) is 2.46. The maximum Gasteiger partial charge on any atom is 0.308 e. The van der Waals surface area contributed by atoms with E-state index >= 15 is 0 Å².